The number of carbonyl (C=O) groups is 2. The average molecular weight is 495 g/mol. The zero-order chi connectivity index (χ0) is 25.6. The molecule has 0 aliphatic carbocycles. The molecule has 0 spiro atoms. The van der Waals surface area contributed by atoms with Crippen LogP contribution < -0.4 is 4.90 Å². The van der Waals surface area contributed by atoms with Gasteiger partial charge in [0.2, 0.25) is 0 Å². The first-order valence-corrected chi connectivity index (χ1v) is 10.8. The van der Waals surface area contributed by atoms with Gasteiger partial charge in [-0.2, -0.15) is 26.3 Å². The summed E-state index contributed by atoms with van der Waals surface area (Å²) in [6.45, 7) is 6.57. The molecular formula is C22H27F6N3O3. The lowest BCUT2D eigenvalue weighted by molar-refractivity contribution is -0.186. The Morgan fingerprint density at radius 2 is 1.65 bits per heavy atom. The fourth-order valence-electron chi connectivity index (χ4n) is 4.21. The summed E-state index contributed by atoms with van der Waals surface area (Å²) in [5.41, 5.74) is -0.977. The fourth-order valence-corrected chi connectivity index (χ4v) is 4.21. The van der Waals surface area contributed by atoms with Gasteiger partial charge in [-0.15, -0.1) is 0 Å². The van der Waals surface area contributed by atoms with Gasteiger partial charge in [0, 0.05) is 44.5 Å². The van der Waals surface area contributed by atoms with Crippen LogP contribution in [0, 0.1) is 0 Å². The molecule has 12 heteroatoms. The van der Waals surface area contributed by atoms with E-state index in [4.69, 9.17) is 4.74 Å². The van der Waals surface area contributed by atoms with Gasteiger partial charge in [-0.25, -0.2) is 4.79 Å². The molecule has 1 fully saturated rings. The topological polar surface area (TPSA) is 53.1 Å². The van der Waals surface area contributed by atoms with Crippen molar-refractivity contribution < 1.29 is 40.7 Å². The zero-order valence-corrected chi connectivity index (χ0v) is 19.3. The van der Waals surface area contributed by atoms with Crippen LogP contribution >= 0.6 is 0 Å². The van der Waals surface area contributed by atoms with Crippen molar-refractivity contribution in [2.75, 3.05) is 31.1 Å². The van der Waals surface area contributed by atoms with E-state index in [1.54, 1.807) is 32.6 Å². The van der Waals surface area contributed by atoms with Crippen LogP contribution in [0.3, 0.4) is 0 Å². The van der Waals surface area contributed by atoms with E-state index >= 15 is 0 Å². The van der Waals surface area contributed by atoms with E-state index < -0.39 is 48.1 Å². The van der Waals surface area contributed by atoms with Crippen molar-refractivity contribution in [1.29, 1.82) is 0 Å². The molecule has 2 amide bonds. The standard InChI is InChI=1S/C22H27F6N3O3/c1-13-11-29(7-8-31(13)19(33)34-20(2,3)4)17-10-15(21(23,24)25)9-14-5-6-30(12-16(14)17)18(32)22(26,27)28/h9-10,13H,5-8,11-12H2,1-4H3. The first-order valence-electron chi connectivity index (χ1n) is 10.8. The van der Waals surface area contributed by atoms with Gasteiger partial charge in [0.25, 0.3) is 0 Å². The first kappa shape index (κ1) is 26.0. The number of piperazine rings is 1. The smallest absolute Gasteiger partial charge is 0.444 e. The third-order valence-corrected chi connectivity index (χ3v) is 5.77. The normalized spacial score (nSPS) is 19.7. The van der Waals surface area contributed by atoms with Crippen molar-refractivity contribution >= 4 is 17.7 Å². The summed E-state index contributed by atoms with van der Waals surface area (Å²) in [6, 6.07) is 1.43. The quantitative estimate of drug-likeness (QED) is 0.535. The van der Waals surface area contributed by atoms with Gasteiger partial charge in [0.05, 0.1) is 5.56 Å². The van der Waals surface area contributed by atoms with Gasteiger partial charge >= 0.3 is 24.4 Å². The Labute approximate surface area is 193 Å². The lowest BCUT2D eigenvalue weighted by atomic mass is 9.93. The maximum absolute atomic E-state index is 13.6. The number of hydrogen-bond acceptors (Lipinski definition) is 4. The van der Waals surface area contributed by atoms with E-state index in [-0.39, 0.29) is 49.4 Å². The van der Waals surface area contributed by atoms with Crippen LogP contribution in [0.5, 0.6) is 0 Å². The van der Waals surface area contributed by atoms with Gasteiger partial charge < -0.3 is 19.4 Å². The maximum atomic E-state index is 13.6. The predicted octanol–water partition coefficient (Wildman–Crippen LogP) is 4.60. The Bertz CT molecular complexity index is 955. The summed E-state index contributed by atoms with van der Waals surface area (Å²) in [5.74, 6) is -2.02. The molecule has 0 aromatic heterocycles. The van der Waals surface area contributed by atoms with Crippen molar-refractivity contribution in [3.05, 3.63) is 28.8 Å². The van der Waals surface area contributed by atoms with Crippen molar-refractivity contribution in [3.8, 4) is 0 Å². The molecule has 2 aliphatic rings. The van der Waals surface area contributed by atoms with E-state index in [1.807, 2.05) is 0 Å². The van der Waals surface area contributed by atoms with E-state index in [9.17, 15) is 35.9 Å². The van der Waals surface area contributed by atoms with E-state index in [1.165, 1.54) is 4.90 Å². The van der Waals surface area contributed by atoms with Crippen LogP contribution in [0.4, 0.5) is 36.8 Å². The number of rotatable bonds is 1. The number of amides is 2. The number of halogens is 6. The van der Waals surface area contributed by atoms with Crippen LogP contribution in [-0.2, 0) is 28.7 Å². The fraction of sp³-hybridized carbons (Fsp3) is 0.636. The Hall–Kier alpha value is -2.66. The highest BCUT2D eigenvalue weighted by Crippen LogP contribution is 2.39. The van der Waals surface area contributed by atoms with Crippen LogP contribution in [0.1, 0.15) is 44.4 Å². The molecule has 0 bridgehead atoms. The summed E-state index contributed by atoms with van der Waals surface area (Å²) in [4.78, 5) is 28.0. The summed E-state index contributed by atoms with van der Waals surface area (Å²) in [6.07, 6.45) is -10.4. The van der Waals surface area contributed by atoms with E-state index in [0.717, 1.165) is 12.1 Å². The molecular weight excluding hydrogens is 468 g/mol. The Balaban J connectivity index is 1.92. The molecule has 34 heavy (non-hydrogen) atoms. The zero-order valence-electron chi connectivity index (χ0n) is 19.3. The number of hydrogen-bond donors (Lipinski definition) is 0. The highest BCUT2D eigenvalue weighted by Gasteiger charge is 2.44. The minimum atomic E-state index is -5.07. The Morgan fingerprint density at radius 3 is 2.18 bits per heavy atom. The molecule has 1 aromatic rings. The molecule has 1 unspecified atom stereocenters. The van der Waals surface area contributed by atoms with Crippen molar-refractivity contribution in [1.82, 2.24) is 9.80 Å². The Morgan fingerprint density at radius 1 is 1.00 bits per heavy atom. The summed E-state index contributed by atoms with van der Waals surface area (Å²) < 4.78 is 85.0. The second-order valence-corrected chi connectivity index (χ2v) is 9.57. The van der Waals surface area contributed by atoms with Crippen molar-refractivity contribution in [2.24, 2.45) is 0 Å². The van der Waals surface area contributed by atoms with Crippen LogP contribution in [0.25, 0.3) is 0 Å². The van der Waals surface area contributed by atoms with Crippen LogP contribution in [-0.4, -0.2) is 65.8 Å². The third-order valence-electron chi connectivity index (χ3n) is 5.77. The third kappa shape index (κ3) is 5.69. The molecule has 0 N–H and O–H groups in total. The van der Waals surface area contributed by atoms with Crippen molar-refractivity contribution in [3.63, 3.8) is 0 Å². The molecule has 1 atom stereocenters. The molecule has 2 heterocycles. The van der Waals surface area contributed by atoms with Gasteiger partial charge in [-0.05, 0) is 57.4 Å². The summed E-state index contributed by atoms with van der Waals surface area (Å²) >= 11 is 0. The number of carbonyl (C=O) groups excluding carboxylic acids is 2. The van der Waals surface area contributed by atoms with Crippen molar-refractivity contribution in [2.45, 2.75) is 64.7 Å². The van der Waals surface area contributed by atoms with E-state index in [0.29, 0.717) is 4.90 Å². The van der Waals surface area contributed by atoms with E-state index in [2.05, 4.69) is 0 Å². The molecule has 6 nitrogen and oxygen atoms in total. The number of fused-ring (bicyclic) bond motifs is 1. The number of nitrogens with zero attached hydrogens (tertiary/aromatic N) is 3. The highest BCUT2D eigenvalue weighted by molar-refractivity contribution is 5.82. The second-order valence-electron chi connectivity index (χ2n) is 9.57. The van der Waals surface area contributed by atoms with Gasteiger partial charge in [0.1, 0.15) is 5.60 Å². The number of ether oxygens (including phenoxy) is 1. The number of anilines is 1. The van der Waals surface area contributed by atoms with Gasteiger partial charge in [-0.3, -0.25) is 4.79 Å². The number of benzene rings is 1. The molecule has 2 aliphatic heterocycles. The van der Waals surface area contributed by atoms with Crippen LogP contribution in [0.2, 0.25) is 0 Å². The molecule has 0 saturated carbocycles. The van der Waals surface area contributed by atoms with Gasteiger partial charge in [-0.1, -0.05) is 0 Å². The molecule has 3 rings (SSSR count). The first-order chi connectivity index (χ1) is 15.5. The minimum Gasteiger partial charge on any atom is -0.444 e. The molecule has 190 valence electrons. The average Bonchev–Trinajstić information content (AvgIpc) is 2.69. The van der Waals surface area contributed by atoms with Crippen LogP contribution in [0.15, 0.2) is 12.1 Å². The monoisotopic (exact) mass is 495 g/mol. The lowest BCUT2D eigenvalue weighted by Gasteiger charge is -2.43. The molecule has 0 radical (unpaired) electrons. The highest BCUT2D eigenvalue weighted by atomic mass is 19.4. The largest absolute Gasteiger partial charge is 0.471 e. The lowest BCUT2D eigenvalue weighted by Crippen LogP contribution is -2.55. The molecule has 1 saturated heterocycles. The predicted molar refractivity (Wildman–Crippen MR) is 111 cm³/mol. The summed E-state index contributed by atoms with van der Waals surface area (Å²) in [5, 5.41) is 0. The van der Waals surface area contributed by atoms with Gasteiger partial charge in [0.15, 0.2) is 0 Å². The Kier molecular flexibility index (Phi) is 6.75. The SMILES string of the molecule is CC1CN(c2cc(C(F)(F)F)cc3c2CN(C(=O)C(F)(F)F)CC3)CCN1C(=O)OC(C)(C)C. The second kappa shape index (κ2) is 8.84. The molecule has 1 aromatic carbocycles. The maximum Gasteiger partial charge on any atom is 0.471 e. The summed E-state index contributed by atoms with van der Waals surface area (Å²) in [7, 11) is 0. The number of alkyl halides is 6. The minimum absolute atomic E-state index is 0.124.